The van der Waals surface area contributed by atoms with Crippen LogP contribution < -0.4 is 0 Å². The number of phenolic OH excluding ortho intramolecular Hbond substituents is 1. The Morgan fingerprint density at radius 1 is 1.24 bits per heavy atom. The number of phenols is 1. The van der Waals surface area contributed by atoms with Gasteiger partial charge in [-0.1, -0.05) is 32.0 Å². The van der Waals surface area contributed by atoms with Gasteiger partial charge in [0.15, 0.2) is 0 Å². The Hall–Kier alpha value is -2.83. The van der Waals surface area contributed by atoms with Gasteiger partial charge in [0, 0.05) is 24.5 Å². The summed E-state index contributed by atoms with van der Waals surface area (Å²) in [6, 6.07) is 8.90. The van der Waals surface area contributed by atoms with E-state index in [0.29, 0.717) is 36.8 Å². The van der Waals surface area contributed by atoms with Crippen LogP contribution in [-0.2, 0) is 4.74 Å². The van der Waals surface area contributed by atoms with Gasteiger partial charge in [0.25, 0.3) is 5.91 Å². The zero-order valence-electron chi connectivity index (χ0n) is 16.9. The fourth-order valence-corrected chi connectivity index (χ4v) is 4.40. The van der Waals surface area contributed by atoms with Crippen LogP contribution in [0.1, 0.15) is 43.6 Å². The smallest absolute Gasteiger partial charge is 0.410 e. The number of hydrogen-bond donors (Lipinski definition) is 1. The molecule has 0 bridgehead atoms. The Bertz CT molecular complexity index is 921. The molecule has 2 aromatic rings. The summed E-state index contributed by atoms with van der Waals surface area (Å²) in [7, 11) is 0. The molecule has 1 aromatic heterocycles. The standard InChI is InChI=1S/C22H27N3O4/c1-14(2)12-17-13-29-22(28)25(17)16-8-10-24(11-9-16)21(27)18-7-6-15-4-3-5-19(26)20(15)23-18/h3-7,14,16-17,26H,8-13H2,1-2H3/t17-/m1/s1. The molecule has 1 N–H and O–H groups in total. The number of para-hydroxylation sites is 1. The number of hydrogen-bond acceptors (Lipinski definition) is 5. The van der Waals surface area contributed by atoms with E-state index < -0.39 is 0 Å². The molecule has 1 aromatic carbocycles. The third-order valence-electron chi connectivity index (χ3n) is 5.81. The number of benzene rings is 1. The van der Waals surface area contributed by atoms with Gasteiger partial charge in [-0.05, 0) is 37.3 Å². The monoisotopic (exact) mass is 397 g/mol. The van der Waals surface area contributed by atoms with Crippen LogP contribution in [0, 0.1) is 5.92 Å². The Morgan fingerprint density at radius 3 is 2.72 bits per heavy atom. The van der Waals surface area contributed by atoms with E-state index in [1.165, 1.54) is 0 Å². The van der Waals surface area contributed by atoms with Crippen LogP contribution >= 0.6 is 0 Å². The van der Waals surface area contributed by atoms with Gasteiger partial charge < -0.3 is 14.7 Å². The molecule has 2 aliphatic rings. The maximum absolute atomic E-state index is 12.9. The first-order chi connectivity index (χ1) is 13.9. The highest BCUT2D eigenvalue weighted by Gasteiger charge is 2.40. The lowest BCUT2D eigenvalue weighted by Crippen LogP contribution is -2.50. The molecule has 3 heterocycles. The average molecular weight is 397 g/mol. The van der Waals surface area contributed by atoms with E-state index in [1.54, 1.807) is 29.2 Å². The van der Waals surface area contributed by atoms with Gasteiger partial charge in [0.1, 0.15) is 23.6 Å². The topological polar surface area (TPSA) is 83.0 Å². The second-order valence-corrected chi connectivity index (χ2v) is 8.34. The van der Waals surface area contributed by atoms with Crippen molar-refractivity contribution in [2.75, 3.05) is 19.7 Å². The molecule has 0 aliphatic carbocycles. The van der Waals surface area contributed by atoms with Gasteiger partial charge >= 0.3 is 6.09 Å². The van der Waals surface area contributed by atoms with Gasteiger partial charge in [-0.2, -0.15) is 0 Å². The predicted octanol–water partition coefficient (Wildman–Crippen LogP) is 3.41. The number of nitrogens with zero attached hydrogens (tertiary/aromatic N) is 3. The zero-order valence-corrected chi connectivity index (χ0v) is 16.9. The van der Waals surface area contributed by atoms with Crippen LogP contribution in [-0.4, -0.2) is 63.7 Å². The number of carbonyl (C=O) groups excluding carboxylic acids is 2. The van der Waals surface area contributed by atoms with Crippen LogP contribution in [0.2, 0.25) is 0 Å². The van der Waals surface area contributed by atoms with E-state index in [-0.39, 0.29) is 29.8 Å². The molecular formula is C22H27N3O4. The largest absolute Gasteiger partial charge is 0.506 e. The summed E-state index contributed by atoms with van der Waals surface area (Å²) < 4.78 is 5.30. The zero-order chi connectivity index (χ0) is 20.5. The quantitative estimate of drug-likeness (QED) is 0.855. The van der Waals surface area contributed by atoms with Crippen molar-refractivity contribution in [3.63, 3.8) is 0 Å². The van der Waals surface area contributed by atoms with Gasteiger partial charge in [0.05, 0.1) is 6.04 Å². The van der Waals surface area contributed by atoms with Gasteiger partial charge in [-0.25, -0.2) is 9.78 Å². The lowest BCUT2D eigenvalue weighted by Gasteiger charge is -2.38. The number of fused-ring (bicyclic) bond motifs is 1. The first-order valence-electron chi connectivity index (χ1n) is 10.3. The fraction of sp³-hybridized carbons (Fsp3) is 0.500. The number of amides is 2. The molecule has 0 saturated carbocycles. The van der Waals surface area contributed by atoms with Crippen molar-refractivity contribution in [3.8, 4) is 5.75 Å². The summed E-state index contributed by atoms with van der Waals surface area (Å²) in [6.45, 7) is 5.90. The molecule has 1 atom stereocenters. The van der Waals surface area contributed by atoms with Gasteiger partial charge in [-0.15, -0.1) is 0 Å². The number of aromatic hydroxyl groups is 1. The van der Waals surface area contributed by atoms with E-state index in [2.05, 4.69) is 18.8 Å². The summed E-state index contributed by atoms with van der Waals surface area (Å²) >= 11 is 0. The highest BCUT2D eigenvalue weighted by atomic mass is 16.6. The Balaban J connectivity index is 1.43. The number of rotatable bonds is 4. The fourth-order valence-electron chi connectivity index (χ4n) is 4.40. The number of pyridine rings is 1. The van der Waals surface area contributed by atoms with Crippen LogP contribution in [0.3, 0.4) is 0 Å². The second kappa shape index (κ2) is 7.89. The maximum Gasteiger partial charge on any atom is 0.410 e. The van der Waals surface area contributed by atoms with E-state index in [0.717, 1.165) is 24.6 Å². The Labute approximate surface area is 170 Å². The molecule has 7 nitrogen and oxygen atoms in total. The lowest BCUT2D eigenvalue weighted by atomic mass is 9.98. The van der Waals surface area contributed by atoms with Crippen molar-refractivity contribution in [3.05, 3.63) is 36.0 Å². The Morgan fingerprint density at radius 2 is 2.00 bits per heavy atom. The number of likely N-dealkylation sites (tertiary alicyclic amines) is 1. The molecule has 2 amide bonds. The molecule has 154 valence electrons. The molecule has 2 fully saturated rings. The molecule has 0 radical (unpaired) electrons. The van der Waals surface area contributed by atoms with Crippen molar-refractivity contribution < 1.29 is 19.4 Å². The maximum atomic E-state index is 12.9. The minimum absolute atomic E-state index is 0.0691. The SMILES string of the molecule is CC(C)C[C@@H]1COC(=O)N1C1CCN(C(=O)c2ccc3cccc(O)c3n2)CC1. The van der Waals surface area contributed by atoms with Crippen molar-refractivity contribution in [2.45, 2.75) is 45.2 Å². The average Bonchev–Trinajstić information content (AvgIpc) is 3.07. The Kier molecular flexibility index (Phi) is 5.30. The van der Waals surface area contributed by atoms with Crippen molar-refractivity contribution >= 4 is 22.9 Å². The highest BCUT2D eigenvalue weighted by Crippen LogP contribution is 2.28. The molecule has 4 rings (SSSR count). The molecule has 2 aliphatic heterocycles. The third-order valence-corrected chi connectivity index (χ3v) is 5.81. The minimum Gasteiger partial charge on any atom is -0.506 e. The minimum atomic E-state index is -0.230. The van der Waals surface area contributed by atoms with Crippen LogP contribution in [0.15, 0.2) is 30.3 Å². The van der Waals surface area contributed by atoms with Crippen LogP contribution in [0.25, 0.3) is 10.9 Å². The second-order valence-electron chi connectivity index (χ2n) is 8.34. The van der Waals surface area contributed by atoms with Crippen LogP contribution in [0.5, 0.6) is 5.75 Å². The predicted molar refractivity (Wildman–Crippen MR) is 109 cm³/mol. The number of carbonyl (C=O) groups is 2. The third kappa shape index (κ3) is 3.86. The molecule has 29 heavy (non-hydrogen) atoms. The van der Waals surface area contributed by atoms with Crippen molar-refractivity contribution in [2.24, 2.45) is 5.92 Å². The normalized spacial score (nSPS) is 20.5. The molecule has 7 heteroatoms. The van der Waals surface area contributed by atoms with Crippen LogP contribution in [0.4, 0.5) is 4.79 Å². The summed E-state index contributed by atoms with van der Waals surface area (Å²) in [5.41, 5.74) is 0.764. The van der Waals surface area contributed by atoms with E-state index in [9.17, 15) is 14.7 Å². The lowest BCUT2D eigenvalue weighted by molar-refractivity contribution is 0.0625. The highest BCUT2D eigenvalue weighted by molar-refractivity contribution is 5.96. The van der Waals surface area contributed by atoms with Crippen molar-refractivity contribution in [1.29, 1.82) is 0 Å². The van der Waals surface area contributed by atoms with E-state index in [4.69, 9.17) is 4.74 Å². The first-order valence-corrected chi connectivity index (χ1v) is 10.3. The summed E-state index contributed by atoms with van der Waals surface area (Å²) in [5.74, 6) is 0.421. The molecule has 2 saturated heterocycles. The van der Waals surface area contributed by atoms with Crippen molar-refractivity contribution in [1.82, 2.24) is 14.8 Å². The van der Waals surface area contributed by atoms with E-state index in [1.807, 2.05) is 11.0 Å². The molecule has 0 spiro atoms. The summed E-state index contributed by atoms with van der Waals surface area (Å²) in [6.07, 6.45) is 2.16. The number of ether oxygens (including phenoxy) is 1. The van der Waals surface area contributed by atoms with E-state index >= 15 is 0 Å². The number of aromatic nitrogens is 1. The number of cyclic esters (lactones) is 1. The molecular weight excluding hydrogens is 370 g/mol. The number of piperidine rings is 1. The first kappa shape index (κ1) is 19.5. The molecule has 0 unspecified atom stereocenters. The summed E-state index contributed by atoms with van der Waals surface area (Å²) in [5, 5.41) is 10.8. The van der Waals surface area contributed by atoms with Gasteiger partial charge in [0.2, 0.25) is 0 Å². The summed E-state index contributed by atoms with van der Waals surface area (Å²) in [4.78, 5) is 33.2. The van der Waals surface area contributed by atoms with Gasteiger partial charge in [-0.3, -0.25) is 9.69 Å².